The van der Waals surface area contributed by atoms with Gasteiger partial charge in [-0.05, 0) is 40.6 Å². The number of fused-ring (bicyclic) bond motifs is 1. The number of rotatable bonds is 2. The van der Waals surface area contributed by atoms with E-state index in [1.54, 1.807) is 18.3 Å². The molecule has 0 saturated heterocycles. The van der Waals surface area contributed by atoms with Crippen LogP contribution in [0.2, 0.25) is 0 Å². The molecule has 3 aromatic rings. The van der Waals surface area contributed by atoms with Crippen LogP contribution in [0.1, 0.15) is 5.56 Å². The lowest BCUT2D eigenvalue weighted by atomic mass is 10.1. The zero-order chi connectivity index (χ0) is 13.1. The Hall–Kier alpha value is -2.48. The van der Waals surface area contributed by atoms with Crippen molar-refractivity contribution >= 4 is 22.7 Å². The van der Waals surface area contributed by atoms with Gasteiger partial charge in [-0.2, -0.15) is 0 Å². The average molecular weight is 249 g/mol. The topological polar surface area (TPSA) is 12.4 Å². The molecule has 0 aromatic heterocycles. The minimum atomic E-state index is -0.233. The van der Waals surface area contributed by atoms with Crippen LogP contribution in [0.15, 0.2) is 71.7 Å². The molecule has 0 aliphatic rings. The third-order valence-corrected chi connectivity index (χ3v) is 2.97. The Kier molecular flexibility index (Phi) is 3.07. The first-order valence-electron chi connectivity index (χ1n) is 6.10. The molecule has 0 saturated carbocycles. The minimum absolute atomic E-state index is 0.233. The second-order valence-corrected chi connectivity index (χ2v) is 4.34. The highest BCUT2D eigenvalue weighted by molar-refractivity contribution is 5.87. The lowest BCUT2D eigenvalue weighted by Gasteiger charge is -1.99. The quantitative estimate of drug-likeness (QED) is 0.582. The average Bonchev–Trinajstić information content (AvgIpc) is 2.46. The zero-order valence-electron chi connectivity index (χ0n) is 10.3. The predicted octanol–water partition coefficient (Wildman–Crippen LogP) is 4.73. The van der Waals surface area contributed by atoms with E-state index in [4.69, 9.17) is 0 Å². The monoisotopic (exact) mass is 249 g/mol. The summed E-state index contributed by atoms with van der Waals surface area (Å²) < 4.78 is 12.8. The van der Waals surface area contributed by atoms with Gasteiger partial charge in [-0.3, -0.25) is 4.99 Å². The molecule has 2 heteroatoms. The molecule has 0 unspecified atom stereocenters. The number of hydrogen-bond acceptors (Lipinski definition) is 1. The summed E-state index contributed by atoms with van der Waals surface area (Å²) in [6.07, 6.45) is 1.74. The smallest absolute Gasteiger partial charge is 0.123 e. The van der Waals surface area contributed by atoms with Crippen molar-refractivity contribution in [2.75, 3.05) is 0 Å². The molecule has 0 bridgehead atoms. The molecule has 3 aromatic carbocycles. The molecule has 0 radical (unpaired) electrons. The standard InChI is InChI=1S/C17H12FN/c18-16-8-5-13(6-9-16)12-19-17-10-7-14-3-1-2-4-15(14)11-17/h1-12H. The largest absolute Gasteiger partial charge is 0.256 e. The molecule has 19 heavy (non-hydrogen) atoms. The molecular weight excluding hydrogens is 237 g/mol. The van der Waals surface area contributed by atoms with E-state index >= 15 is 0 Å². The van der Waals surface area contributed by atoms with Gasteiger partial charge in [0.2, 0.25) is 0 Å². The predicted molar refractivity (Wildman–Crippen MR) is 77.6 cm³/mol. The number of halogens is 1. The van der Waals surface area contributed by atoms with Crippen molar-refractivity contribution < 1.29 is 4.39 Å². The van der Waals surface area contributed by atoms with Crippen LogP contribution in [0.3, 0.4) is 0 Å². The second-order valence-electron chi connectivity index (χ2n) is 4.34. The molecule has 1 nitrogen and oxygen atoms in total. The fraction of sp³-hybridized carbons (Fsp3) is 0. The number of nitrogens with zero attached hydrogens (tertiary/aromatic N) is 1. The Morgan fingerprint density at radius 3 is 2.32 bits per heavy atom. The molecule has 0 spiro atoms. The van der Waals surface area contributed by atoms with E-state index in [1.165, 1.54) is 17.5 Å². The molecule has 92 valence electrons. The van der Waals surface area contributed by atoms with E-state index < -0.39 is 0 Å². The van der Waals surface area contributed by atoms with Crippen LogP contribution in [0.5, 0.6) is 0 Å². The summed E-state index contributed by atoms with van der Waals surface area (Å²) in [4.78, 5) is 4.41. The molecule has 3 rings (SSSR count). The van der Waals surface area contributed by atoms with E-state index in [0.717, 1.165) is 16.6 Å². The van der Waals surface area contributed by atoms with Gasteiger partial charge in [-0.15, -0.1) is 0 Å². The lowest BCUT2D eigenvalue weighted by molar-refractivity contribution is 0.628. The molecule has 0 aliphatic carbocycles. The van der Waals surface area contributed by atoms with Crippen LogP contribution < -0.4 is 0 Å². The first kappa shape index (κ1) is 11.6. The van der Waals surface area contributed by atoms with Crippen molar-refractivity contribution in [2.24, 2.45) is 4.99 Å². The van der Waals surface area contributed by atoms with Gasteiger partial charge in [-0.25, -0.2) is 4.39 Å². The number of aliphatic imine (C=N–C) groups is 1. The molecule has 0 fully saturated rings. The maximum Gasteiger partial charge on any atom is 0.123 e. The van der Waals surface area contributed by atoms with Gasteiger partial charge < -0.3 is 0 Å². The van der Waals surface area contributed by atoms with Crippen molar-refractivity contribution in [2.45, 2.75) is 0 Å². The summed E-state index contributed by atoms with van der Waals surface area (Å²) in [5.74, 6) is -0.233. The molecule has 0 N–H and O–H groups in total. The van der Waals surface area contributed by atoms with Crippen molar-refractivity contribution in [3.63, 3.8) is 0 Å². The highest BCUT2D eigenvalue weighted by Crippen LogP contribution is 2.20. The summed E-state index contributed by atoms with van der Waals surface area (Å²) >= 11 is 0. The van der Waals surface area contributed by atoms with E-state index in [1.807, 2.05) is 30.3 Å². The highest BCUT2D eigenvalue weighted by atomic mass is 19.1. The summed E-state index contributed by atoms with van der Waals surface area (Å²) in [7, 11) is 0. The summed E-state index contributed by atoms with van der Waals surface area (Å²) in [6, 6.07) is 20.5. The Balaban J connectivity index is 1.90. The molecule has 0 heterocycles. The SMILES string of the molecule is Fc1ccc(C=Nc2ccc3ccccc3c2)cc1. The van der Waals surface area contributed by atoms with Crippen LogP contribution >= 0.6 is 0 Å². The van der Waals surface area contributed by atoms with Crippen molar-refractivity contribution in [3.05, 3.63) is 78.1 Å². The van der Waals surface area contributed by atoms with E-state index in [9.17, 15) is 4.39 Å². The van der Waals surface area contributed by atoms with E-state index in [-0.39, 0.29) is 5.82 Å². The molecule has 0 atom stereocenters. The summed E-state index contributed by atoms with van der Waals surface area (Å²) in [6.45, 7) is 0. The van der Waals surface area contributed by atoms with Crippen molar-refractivity contribution in [3.8, 4) is 0 Å². The van der Waals surface area contributed by atoms with Crippen LogP contribution in [0, 0.1) is 5.82 Å². The normalized spacial score (nSPS) is 11.2. The third-order valence-electron chi connectivity index (χ3n) is 2.97. The second kappa shape index (κ2) is 5.02. The van der Waals surface area contributed by atoms with E-state index in [2.05, 4.69) is 17.1 Å². The third kappa shape index (κ3) is 2.68. The minimum Gasteiger partial charge on any atom is -0.256 e. The van der Waals surface area contributed by atoms with Crippen LogP contribution in [0.25, 0.3) is 10.8 Å². The number of benzene rings is 3. The van der Waals surface area contributed by atoms with Gasteiger partial charge in [0.25, 0.3) is 0 Å². The Morgan fingerprint density at radius 1 is 0.789 bits per heavy atom. The Labute approximate surface area is 111 Å². The molecule has 0 aliphatic heterocycles. The van der Waals surface area contributed by atoms with Crippen LogP contribution in [-0.4, -0.2) is 6.21 Å². The van der Waals surface area contributed by atoms with Gasteiger partial charge >= 0.3 is 0 Å². The van der Waals surface area contributed by atoms with E-state index in [0.29, 0.717) is 0 Å². The van der Waals surface area contributed by atoms with Gasteiger partial charge in [0.1, 0.15) is 5.82 Å². The summed E-state index contributed by atoms with van der Waals surface area (Å²) in [5.41, 5.74) is 1.78. The summed E-state index contributed by atoms with van der Waals surface area (Å²) in [5, 5.41) is 2.36. The molecule has 0 amide bonds. The first-order chi connectivity index (χ1) is 9.31. The lowest BCUT2D eigenvalue weighted by Crippen LogP contribution is -1.81. The zero-order valence-corrected chi connectivity index (χ0v) is 10.3. The highest BCUT2D eigenvalue weighted by Gasteiger charge is 1.94. The Morgan fingerprint density at radius 2 is 1.53 bits per heavy atom. The van der Waals surface area contributed by atoms with Gasteiger partial charge in [0.15, 0.2) is 0 Å². The van der Waals surface area contributed by atoms with Crippen LogP contribution in [0.4, 0.5) is 10.1 Å². The maximum absolute atomic E-state index is 12.8. The van der Waals surface area contributed by atoms with Crippen molar-refractivity contribution in [1.82, 2.24) is 0 Å². The van der Waals surface area contributed by atoms with Gasteiger partial charge in [-0.1, -0.05) is 42.5 Å². The number of hydrogen-bond donors (Lipinski definition) is 0. The maximum atomic E-state index is 12.8. The fourth-order valence-electron chi connectivity index (χ4n) is 1.95. The fourth-order valence-corrected chi connectivity index (χ4v) is 1.95. The first-order valence-corrected chi connectivity index (χ1v) is 6.10. The van der Waals surface area contributed by atoms with Gasteiger partial charge in [0.05, 0.1) is 5.69 Å². The Bertz CT molecular complexity index is 730. The van der Waals surface area contributed by atoms with Crippen LogP contribution in [-0.2, 0) is 0 Å². The van der Waals surface area contributed by atoms with Gasteiger partial charge in [0, 0.05) is 6.21 Å². The molecular formula is C17H12FN. The van der Waals surface area contributed by atoms with Crippen molar-refractivity contribution in [1.29, 1.82) is 0 Å².